The Labute approximate surface area is 143 Å². The number of aromatic nitrogens is 1. The van der Waals surface area contributed by atoms with Gasteiger partial charge in [0.25, 0.3) is 5.91 Å². The molecule has 1 aromatic carbocycles. The highest BCUT2D eigenvalue weighted by molar-refractivity contribution is 5.94. The molecule has 0 saturated carbocycles. The van der Waals surface area contributed by atoms with Crippen LogP contribution in [-0.2, 0) is 0 Å². The van der Waals surface area contributed by atoms with E-state index in [9.17, 15) is 4.79 Å². The Morgan fingerprint density at radius 2 is 1.67 bits per heavy atom. The highest BCUT2D eigenvalue weighted by atomic mass is 16.1. The molecule has 2 aliphatic heterocycles. The van der Waals surface area contributed by atoms with E-state index in [4.69, 9.17) is 0 Å². The third kappa shape index (κ3) is 2.98. The minimum atomic E-state index is 0.0571. The number of carbonyl (C=O) groups is 1. The lowest BCUT2D eigenvalue weighted by Crippen LogP contribution is -2.55. The van der Waals surface area contributed by atoms with Crippen LogP contribution in [0.2, 0.25) is 0 Å². The van der Waals surface area contributed by atoms with E-state index in [2.05, 4.69) is 17.3 Å². The van der Waals surface area contributed by atoms with Crippen LogP contribution in [0.25, 0.3) is 5.69 Å². The number of piperidine rings is 2. The molecule has 4 nitrogen and oxygen atoms in total. The molecule has 2 atom stereocenters. The molecule has 2 fully saturated rings. The third-order valence-electron chi connectivity index (χ3n) is 5.71. The molecule has 1 N–H and O–H groups in total. The van der Waals surface area contributed by atoms with Crippen LogP contribution >= 0.6 is 0 Å². The lowest BCUT2D eigenvalue weighted by Gasteiger charge is -2.47. The van der Waals surface area contributed by atoms with Gasteiger partial charge in [0.1, 0.15) is 0 Å². The number of rotatable bonds is 3. The number of fused-ring (bicyclic) bond motifs is 2. The monoisotopic (exact) mass is 323 g/mol. The maximum atomic E-state index is 12.6. The van der Waals surface area contributed by atoms with Gasteiger partial charge in [0.15, 0.2) is 0 Å². The van der Waals surface area contributed by atoms with Gasteiger partial charge in [-0.25, -0.2) is 0 Å². The van der Waals surface area contributed by atoms with Crippen LogP contribution in [0.1, 0.15) is 42.5 Å². The highest BCUT2D eigenvalue weighted by Crippen LogP contribution is 2.32. The summed E-state index contributed by atoms with van der Waals surface area (Å²) in [5, 5.41) is 3.27. The fraction of sp³-hybridized carbons (Fsp3) is 0.450. The Morgan fingerprint density at radius 3 is 2.29 bits per heavy atom. The number of amides is 1. The Morgan fingerprint density at radius 1 is 1.04 bits per heavy atom. The van der Waals surface area contributed by atoms with E-state index in [0.29, 0.717) is 18.1 Å². The topological polar surface area (TPSA) is 37.3 Å². The van der Waals surface area contributed by atoms with Crippen molar-refractivity contribution >= 4 is 5.91 Å². The molecule has 2 aliphatic rings. The molecule has 2 bridgehead atoms. The number of benzene rings is 1. The maximum Gasteiger partial charge on any atom is 0.251 e. The molecule has 2 saturated heterocycles. The smallest absolute Gasteiger partial charge is 0.251 e. The van der Waals surface area contributed by atoms with Crippen molar-refractivity contribution in [3.63, 3.8) is 0 Å². The van der Waals surface area contributed by atoms with Crippen molar-refractivity contribution in [3.8, 4) is 5.69 Å². The van der Waals surface area contributed by atoms with Gasteiger partial charge in [0.2, 0.25) is 0 Å². The summed E-state index contributed by atoms with van der Waals surface area (Å²) in [7, 11) is 2.24. The van der Waals surface area contributed by atoms with Gasteiger partial charge in [-0.15, -0.1) is 0 Å². The number of carbonyl (C=O) groups excluding carboxylic acids is 1. The van der Waals surface area contributed by atoms with Crippen LogP contribution in [0.15, 0.2) is 48.8 Å². The van der Waals surface area contributed by atoms with Crippen LogP contribution < -0.4 is 5.32 Å². The molecule has 3 heterocycles. The first-order valence-electron chi connectivity index (χ1n) is 8.97. The van der Waals surface area contributed by atoms with Gasteiger partial charge in [0.05, 0.1) is 0 Å². The summed E-state index contributed by atoms with van der Waals surface area (Å²) >= 11 is 0. The second kappa shape index (κ2) is 6.44. The standard InChI is InChI=1S/C20H25N3O/c1-22-18-5-4-6-19(22)14-16(13-18)21-20(24)15-7-9-17(10-8-15)23-11-2-3-12-23/h2-3,7-12,16,18-19H,4-6,13-14H2,1H3,(H,21,24). The molecule has 2 unspecified atom stereocenters. The van der Waals surface area contributed by atoms with Crippen molar-refractivity contribution in [2.75, 3.05) is 7.05 Å². The van der Waals surface area contributed by atoms with Gasteiger partial charge in [-0.05, 0) is 69.1 Å². The molecule has 2 aromatic rings. The van der Waals surface area contributed by atoms with E-state index >= 15 is 0 Å². The Bertz CT molecular complexity index is 678. The fourth-order valence-electron chi connectivity index (χ4n) is 4.29. The van der Waals surface area contributed by atoms with E-state index in [1.165, 1.54) is 19.3 Å². The molecule has 0 aliphatic carbocycles. The number of hydrogen-bond donors (Lipinski definition) is 1. The SMILES string of the molecule is CN1C2CCCC1CC(NC(=O)c1ccc(-n3cccc3)cc1)C2. The van der Waals surface area contributed by atoms with Crippen molar-refractivity contribution in [2.24, 2.45) is 0 Å². The lowest BCUT2D eigenvalue weighted by molar-refractivity contribution is 0.0463. The molecule has 1 amide bonds. The van der Waals surface area contributed by atoms with E-state index in [0.717, 1.165) is 24.1 Å². The van der Waals surface area contributed by atoms with Crippen molar-refractivity contribution in [2.45, 2.75) is 50.2 Å². The first-order valence-corrected chi connectivity index (χ1v) is 8.97. The summed E-state index contributed by atoms with van der Waals surface area (Å²) in [6.07, 6.45) is 10.1. The minimum absolute atomic E-state index is 0.0571. The summed E-state index contributed by atoms with van der Waals surface area (Å²) in [6, 6.07) is 13.4. The summed E-state index contributed by atoms with van der Waals surface area (Å²) in [5.41, 5.74) is 1.82. The van der Waals surface area contributed by atoms with E-state index in [1.807, 2.05) is 53.4 Å². The van der Waals surface area contributed by atoms with Crippen LogP contribution in [0.5, 0.6) is 0 Å². The lowest BCUT2D eigenvalue weighted by atomic mass is 9.82. The zero-order valence-corrected chi connectivity index (χ0v) is 14.2. The second-order valence-corrected chi connectivity index (χ2v) is 7.18. The van der Waals surface area contributed by atoms with Gasteiger partial charge in [-0.1, -0.05) is 6.42 Å². The van der Waals surface area contributed by atoms with Crippen LogP contribution in [-0.4, -0.2) is 40.5 Å². The van der Waals surface area contributed by atoms with Gasteiger partial charge < -0.3 is 14.8 Å². The van der Waals surface area contributed by atoms with Crippen LogP contribution in [0, 0.1) is 0 Å². The van der Waals surface area contributed by atoms with Crippen LogP contribution in [0.3, 0.4) is 0 Å². The van der Waals surface area contributed by atoms with Crippen LogP contribution in [0.4, 0.5) is 0 Å². The average molecular weight is 323 g/mol. The first kappa shape index (κ1) is 15.5. The van der Waals surface area contributed by atoms with Crippen molar-refractivity contribution in [3.05, 3.63) is 54.4 Å². The third-order valence-corrected chi connectivity index (χ3v) is 5.71. The van der Waals surface area contributed by atoms with Gasteiger partial charge in [-0.3, -0.25) is 4.79 Å². The molecule has 4 heteroatoms. The van der Waals surface area contributed by atoms with E-state index in [1.54, 1.807) is 0 Å². The summed E-state index contributed by atoms with van der Waals surface area (Å²) in [5.74, 6) is 0.0571. The van der Waals surface area contributed by atoms with E-state index in [-0.39, 0.29) is 5.91 Å². The van der Waals surface area contributed by atoms with Crippen molar-refractivity contribution in [1.29, 1.82) is 0 Å². The Kier molecular flexibility index (Phi) is 4.15. The molecular formula is C20H25N3O. The first-order chi connectivity index (χ1) is 11.7. The minimum Gasteiger partial charge on any atom is -0.349 e. The summed E-state index contributed by atoms with van der Waals surface area (Å²) in [4.78, 5) is 15.1. The quantitative estimate of drug-likeness (QED) is 0.942. The second-order valence-electron chi connectivity index (χ2n) is 7.18. The molecule has 4 rings (SSSR count). The molecule has 0 spiro atoms. The van der Waals surface area contributed by atoms with E-state index < -0.39 is 0 Å². The summed E-state index contributed by atoms with van der Waals surface area (Å²) < 4.78 is 2.04. The van der Waals surface area contributed by atoms with Gasteiger partial charge in [0, 0.05) is 41.8 Å². The molecular weight excluding hydrogens is 298 g/mol. The Balaban J connectivity index is 1.41. The number of nitrogens with zero attached hydrogens (tertiary/aromatic N) is 2. The number of hydrogen-bond acceptors (Lipinski definition) is 2. The normalized spacial score (nSPS) is 27.0. The molecule has 126 valence electrons. The highest BCUT2D eigenvalue weighted by Gasteiger charge is 2.36. The molecule has 24 heavy (non-hydrogen) atoms. The maximum absolute atomic E-state index is 12.6. The molecule has 1 aromatic heterocycles. The van der Waals surface area contributed by atoms with Crippen molar-refractivity contribution < 1.29 is 4.79 Å². The van der Waals surface area contributed by atoms with Gasteiger partial charge >= 0.3 is 0 Å². The fourth-order valence-corrected chi connectivity index (χ4v) is 4.29. The summed E-state index contributed by atoms with van der Waals surface area (Å²) in [6.45, 7) is 0. The predicted molar refractivity (Wildman–Crippen MR) is 95.4 cm³/mol. The zero-order valence-electron chi connectivity index (χ0n) is 14.2. The number of nitrogens with one attached hydrogen (secondary N) is 1. The average Bonchev–Trinajstić information content (AvgIpc) is 3.10. The predicted octanol–water partition coefficient (Wildman–Crippen LogP) is 3.22. The van der Waals surface area contributed by atoms with Gasteiger partial charge in [-0.2, -0.15) is 0 Å². The molecule has 0 radical (unpaired) electrons. The van der Waals surface area contributed by atoms with Crippen molar-refractivity contribution in [1.82, 2.24) is 14.8 Å². The Hall–Kier alpha value is -2.07. The largest absolute Gasteiger partial charge is 0.349 e. The zero-order chi connectivity index (χ0) is 16.5.